The minimum atomic E-state index is -0.455. The molecular formula is C24H22BrN3O4. The summed E-state index contributed by atoms with van der Waals surface area (Å²) in [6.45, 7) is 3.00. The van der Waals surface area contributed by atoms with Crippen molar-refractivity contribution in [2.45, 2.75) is 26.2 Å². The van der Waals surface area contributed by atoms with Crippen LogP contribution in [0.4, 0.5) is 5.82 Å². The van der Waals surface area contributed by atoms with E-state index >= 15 is 0 Å². The van der Waals surface area contributed by atoms with E-state index in [9.17, 15) is 4.79 Å². The molecule has 0 spiro atoms. The van der Waals surface area contributed by atoms with E-state index in [0.717, 1.165) is 26.9 Å². The number of carbonyl (C=O) groups is 1. The lowest BCUT2D eigenvalue weighted by atomic mass is 10.0. The van der Waals surface area contributed by atoms with Crippen molar-refractivity contribution < 1.29 is 19.0 Å². The highest BCUT2D eigenvalue weighted by atomic mass is 79.9. The topological polar surface area (TPSA) is 72.9 Å². The molecule has 0 unspecified atom stereocenters. The van der Waals surface area contributed by atoms with Crippen LogP contribution in [0.15, 0.2) is 53.0 Å². The van der Waals surface area contributed by atoms with Gasteiger partial charge in [0, 0.05) is 29.4 Å². The van der Waals surface area contributed by atoms with E-state index in [0.29, 0.717) is 36.0 Å². The summed E-state index contributed by atoms with van der Waals surface area (Å²) in [5.41, 5.74) is 4.15. The van der Waals surface area contributed by atoms with Crippen LogP contribution in [-0.4, -0.2) is 24.8 Å². The van der Waals surface area contributed by atoms with Gasteiger partial charge in [-0.15, -0.1) is 0 Å². The Morgan fingerprint density at radius 2 is 1.94 bits per heavy atom. The standard InChI is InChI=1S/C24H22BrN3O4/c1-14-8-16(12-30-2)21-23(26-14)28(11-15-6-4-3-5-7-15)22(27-24(21)29)17-9-19-20(10-18(17)25)32-13-31-19/h3-10,22H,11-13H2,1-2H3,(H,27,29)/t22-/m1/s1. The number of halogens is 1. The number of fused-ring (bicyclic) bond motifs is 2. The third-order valence-corrected chi connectivity index (χ3v) is 6.26. The molecule has 0 saturated heterocycles. The number of hydrogen-bond acceptors (Lipinski definition) is 6. The first kappa shape index (κ1) is 20.8. The average Bonchev–Trinajstić information content (AvgIpc) is 3.23. The molecule has 32 heavy (non-hydrogen) atoms. The molecule has 2 aliphatic heterocycles. The van der Waals surface area contributed by atoms with E-state index in [1.54, 1.807) is 7.11 Å². The fraction of sp³-hybridized carbons (Fsp3) is 0.250. The lowest BCUT2D eigenvalue weighted by Crippen LogP contribution is -2.47. The lowest BCUT2D eigenvalue weighted by molar-refractivity contribution is 0.0919. The monoisotopic (exact) mass is 495 g/mol. The van der Waals surface area contributed by atoms with Crippen LogP contribution in [0.25, 0.3) is 0 Å². The molecule has 1 atom stereocenters. The quantitative estimate of drug-likeness (QED) is 0.562. The molecule has 1 aromatic heterocycles. The van der Waals surface area contributed by atoms with Gasteiger partial charge in [0.2, 0.25) is 6.79 Å². The lowest BCUT2D eigenvalue weighted by Gasteiger charge is -2.39. The number of nitrogens with zero attached hydrogens (tertiary/aromatic N) is 2. The van der Waals surface area contributed by atoms with E-state index in [1.807, 2.05) is 43.3 Å². The Bertz CT molecular complexity index is 1190. The van der Waals surface area contributed by atoms with Crippen LogP contribution in [0.5, 0.6) is 11.5 Å². The van der Waals surface area contributed by atoms with E-state index in [4.69, 9.17) is 19.2 Å². The van der Waals surface area contributed by atoms with Crippen molar-refractivity contribution in [3.8, 4) is 11.5 Å². The second-order valence-electron chi connectivity index (χ2n) is 7.77. The smallest absolute Gasteiger partial charge is 0.257 e. The summed E-state index contributed by atoms with van der Waals surface area (Å²) in [7, 11) is 1.62. The van der Waals surface area contributed by atoms with E-state index in [-0.39, 0.29) is 12.7 Å². The van der Waals surface area contributed by atoms with E-state index in [2.05, 4.69) is 38.3 Å². The van der Waals surface area contributed by atoms with Crippen LogP contribution < -0.4 is 19.7 Å². The van der Waals surface area contributed by atoms with Crippen LogP contribution >= 0.6 is 15.9 Å². The van der Waals surface area contributed by atoms with Crippen molar-refractivity contribution >= 4 is 27.7 Å². The van der Waals surface area contributed by atoms with Gasteiger partial charge in [-0.1, -0.05) is 46.3 Å². The second-order valence-corrected chi connectivity index (χ2v) is 8.63. The number of anilines is 1. The fourth-order valence-electron chi connectivity index (χ4n) is 4.18. The summed E-state index contributed by atoms with van der Waals surface area (Å²) in [5, 5.41) is 3.17. The fourth-order valence-corrected chi connectivity index (χ4v) is 4.72. The van der Waals surface area contributed by atoms with Crippen molar-refractivity contribution in [3.63, 3.8) is 0 Å². The number of aromatic nitrogens is 1. The Hall–Kier alpha value is -3.10. The molecule has 2 aromatic carbocycles. The summed E-state index contributed by atoms with van der Waals surface area (Å²) in [6, 6.07) is 15.8. The van der Waals surface area contributed by atoms with Crippen molar-refractivity contribution in [1.29, 1.82) is 0 Å². The molecule has 8 heteroatoms. The maximum Gasteiger partial charge on any atom is 0.257 e. The van der Waals surface area contributed by atoms with Gasteiger partial charge in [0.25, 0.3) is 5.91 Å². The zero-order chi connectivity index (χ0) is 22.2. The van der Waals surface area contributed by atoms with E-state index in [1.165, 1.54) is 0 Å². The number of nitrogens with one attached hydrogen (secondary N) is 1. The van der Waals surface area contributed by atoms with Crippen molar-refractivity contribution in [3.05, 3.63) is 81.0 Å². The van der Waals surface area contributed by atoms with Crippen molar-refractivity contribution in [2.24, 2.45) is 0 Å². The van der Waals surface area contributed by atoms with Gasteiger partial charge in [-0.2, -0.15) is 0 Å². The minimum Gasteiger partial charge on any atom is -0.454 e. The minimum absolute atomic E-state index is 0.180. The number of pyridine rings is 1. The Labute approximate surface area is 194 Å². The predicted octanol–water partition coefficient (Wildman–Crippen LogP) is 4.48. The van der Waals surface area contributed by atoms with E-state index < -0.39 is 6.17 Å². The number of amides is 1. The van der Waals surface area contributed by atoms with Crippen LogP contribution in [0.1, 0.15) is 38.9 Å². The van der Waals surface area contributed by atoms with Gasteiger partial charge < -0.3 is 24.4 Å². The van der Waals surface area contributed by atoms with Gasteiger partial charge in [0.15, 0.2) is 11.5 Å². The molecule has 3 aromatic rings. The SMILES string of the molecule is COCc1cc(C)nc2c1C(=O)N[C@@H](c1cc3c(cc1Br)OCO3)N2Cc1ccccc1. The zero-order valence-electron chi connectivity index (χ0n) is 17.7. The first-order valence-electron chi connectivity index (χ1n) is 10.2. The summed E-state index contributed by atoms with van der Waals surface area (Å²) in [4.78, 5) is 20.2. The second kappa shape index (κ2) is 8.44. The van der Waals surface area contributed by atoms with Gasteiger partial charge in [0.1, 0.15) is 12.0 Å². The number of ether oxygens (including phenoxy) is 3. The Balaban J connectivity index is 1.67. The molecule has 5 rings (SSSR count). The van der Waals surface area contributed by atoms with Gasteiger partial charge in [-0.25, -0.2) is 4.98 Å². The summed E-state index contributed by atoms with van der Waals surface area (Å²) in [6.07, 6.45) is -0.455. The Kier molecular flexibility index (Phi) is 5.48. The summed E-state index contributed by atoms with van der Waals surface area (Å²) in [5.74, 6) is 1.78. The maximum absolute atomic E-state index is 13.3. The molecule has 0 radical (unpaired) electrons. The zero-order valence-corrected chi connectivity index (χ0v) is 19.3. The van der Waals surface area contributed by atoms with Crippen LogP contribution in [0, 0.1) is 6.92 Å². The highest BCUT2D eigenvalue weighted by molar-refractivity contribution is 9.10. The number of aryl methyl sites for hydroxylation is 1. The van der Waals surface area contributed by atoms with Crippen LogP contribution in [0.2, 0.25) is 0 Å². The first-order chi connectivity index (χ1) is 15.5. The van der Waals surface area contributed by atoms with Gasteiger partial charge in [0.05, 0.1) is 12.2 Å². The third-order valence-electron chi connectivity index (χ3n) is 5.57. The van der Waals surface area contributed by atoms with Gasteiger partial charge in [-0.05, 0) is 36.2 Å². The van der Waals surface area contributed by atoms with Gasteiger partial charge in [-0.3, -0.25) is 4.79 Å². The molecule has 3 heterocycles. The van der Waals surface area contributed by atoms with Crippen molar-refractivity contribution in [1.82, 2.24) is 10.3 Å². The molecule has 2 aliphatic rings. The predicted molar refractivity (Wildman–Crippen MR) is 123 cm³/mol. The number of carbonyl (C=O) groups excluding carboxylic acids is 1. The molecule has 164 valence electrons. The molecular weight excluding hydrogens is 474 g/mol. The molecule has 7 nitrogen and oxygen atoms in total. The molecule has 1 N–H and O–H groups in total. The number of hydrogen-bond donors (Lipinski definition) is 1. The first-order valence-corrected chi connectivity index (χ1v) is 11.0. The highest BCUT2D eigenvalue weighted by Gasteiger charge is 2.37. The molecule has 0 aliphatic carbocycles. The van der Waals surface area contributed by atoms with Gasteiger partial charge >= 0.3 is 0 Å². The molecule has 0 saturated carbocycles. The largest absolute Gasteiger partial charge is 0.454 e. The summed E-state index contributed by atoms with van der Waals surface area (Å²) < 4.78 is 17.3. The Morgan fingerprint density at radius 3 is 2.69 bits per heavy atom. The highest BCUT2D eigenvalue weighted by Crippen LogP contribution is 2.43. The summed E-state index contributed by atoms with van der Waals surface area (Å²) >= 11 is 3.66. The number of benzene rings is 2. The van der Waals surface area contributed by atoms with Crippen molar-refractivity contribution in [2.75, 3.05) is 18.8 Å². The third kappa shape index (κ3) is 3.69. The molecule has 0 fully saturated rings. The molecule has 1 amide bonds. The van der Waals surface area contributed by atoms with Crippen LogP contribution in [-0.2, 0) is 17.9 Å². The average molecular weight is 496 g/mol. The Morgan fingerprint density at radius 1 is 1.19 bits per heavy atom. The number of rotatable bonds is 5. The normalized spacial score (nSPS) is 16.7. The van der Waals surface area contributed by atoms with Crippen LogP contribution in [0.3, 0.4) is 0 Å². The molecule has 0 bridgehead atoms. The number of methoxy groups -OCH3 is 1. The maximum atomic E-state index is 13.3.